The topological polar surface area (TPSA) is 27.0 Å². The first-order valence-corrected chi connectivity index (χ1v) is 7.43. The molecule has 0 saturated carbocycles. The summed E-state index contributed by atoms with van der Waals surface area (Å²) in [4.78, 5) is 3.61. The maximum atomic E-state index is 13.3. The molecule has 104 valence electrons. The third-order valence-electron chi connectivity index (χ3n) is 3.21. The normalized spacial score (nSPS) is 11.0. The predicted molar refractivity (Wildman–Crippen MR) is 79.8 cm³/mol. The number of hydrogen-bond donors (Lipinski definition) is 0. The summed E-state index contributed by atoms with van der Waals surface area (Å²) in [5.74, 6) is -0.453. The summed E-state index contributed by atoms with van der Waals surface area (Å²) in [7, 11) is 0. The number of halogens is 1. The van der Waals surface area contributed by atoms with E-state index < -0.39 is 5.82 Å². The van der Waals surface area contributed by atoms with Crippen LogP contribution in [0.4, 0.5) is 4.39 Å². The average molecular weight is 288 g/mol. The minimum atomic E-state index is -0.453. The average Bonchev–Trinajstić information content (AvgIpc) is 2.93. The first kappa shape index (κ1) is 14.7. The van der Waals surface area contributed by atoms with Crippen LogP contribution in [0, 0.1) is 17.1 Å². The predicted octanol–water partition coefficient (Wildman–Crippen LogP) is 4.17. The Morgan fingerprint density at radius 3 is 2.70 bits per heavy atom. The zero-order chi connectivity index (χ0) is 14.5. The Morgan fingerprint density at radius 1 is 1.30 bits per heavy atom. The van der Waals surface area contributed by atoms with Crippen molar-refractivity contribution in [1.82, 2.24) is 4.90 Å². The summed E-state index contributed by atoms with van der Waals surface area (Å²) in [6, 6.07) is 11.2. The van der Waals surface area contributed by atoms with Crippen molar-refractivity contribution in [2.45, 2.75) is 33.0 Å². The van der Waals surface area contributed by atoms with Crippen molar-refractivity contribution in [2.75, 3.05) is 0 Å². The van der Waals surface area contributed by atoms with Gasteiger partial charge in [-0.15, -0.1) is 11.3 Å². The van der Waals surface area contributed by atoms with Gasteiger partial charge in [0.2, 0.25) is 0 Å². The van der Waals surface area contributed by atoms with Crippen LogP contribution in [0.5, 0.6) is 0 Å². The molecule has 0 saturated heterocycles. The van der Waals surface area contributed by atoms with E-state index in [-0.39, 0.29) is 5.56 Å². The fourth-order valence-electron chi connectivity index (χ4n) is 2.01. The highest BCUT2D eigenvalue weighted by atomic mass is 32.1. The molecule has 4 heteroatoms. The lowest BCUT2D eigenvalue weighted by atomic mass is 10.1. The highest BCUT2D eigenvalue weighted by Gasteiger charge is 2.12. The second-order valence-electron chi connectivity index (χ2n) is 5.00. The molecule has 0 radical (unpaired) electrons. The third-order valence-corrected chi connectivity index (χ3v) is 4.07. The first-order chi connectivity index (χ1) is 9.60. The smallest absolute Gasteiger partial charge is 0.140 e. The maximum Gasteiger partial charge on any atom is 0.140 e. The molecule has 0 spiro atoms. The minimum absolute atomic E-state index is 0.113. The van der Waals surface area contributed by atoms with Crippen LogP contribution >= 0.6 is 11.3 Å². The highest BCUT2D eigenvalue weighted by molar-refractivity contribution is 7.09. The van der Waals surface area contributed by atoms with Crippen LogP contribution in [0.3, 0.4) is 0 Å². The molecule has 0 aliphatic rings. The molecule has 0 unspecified atom stereocenters. The molecule has 0 amide bonds. The standard InChI is InChI=1S/C16H17FN2S/c1-12(2)19(11-15-4-3-7-20-15)10-13-5-6-16(17)14(8-13)9-18/h3-8,12H,10-11H2,1-2H3. The maximum absolute atomic E-state index is 13.3. The van der Waals surface area contributed by atoms with Gasteiger partial charge in [-0.2, -0.15) is 5.26 Å². The molecule has 0 atom stereocenters. The van der Waals surface area contributed by atoms with Crippen LogP contribution in [0.1, 0.15) is 29.9 Å². The molecule has 2 aromatic rings. The molecule has 0 N–H and O–H groups in total. The van der Waals surface area contributed by atoms with Crippen LogP contribution in [0.25, 0.3) is 0 Å². The Bertz CT molecular complexity index is 599. The van der Waals surface area contributed by atoms with Gasteiger partial charge in [-0.25, -0.2) is 4.39 Å². The minimum Gasteiger partial charge on any atom is -0.292 e. The molecule has 0 aliphatic carbocycles. The van der Waals surface area contributed by atoms with Crippen molar-refractivity contribution in [3.8, 4) is 6.07 Å². The number of thiophene rings is 1. The number of nitriles is 1. The fourth-order valence-corrected chi connectivity index (χ4v) is 2.74. The number of rotatable bonds is 5. The first-order valence-electron chi connectivity index (χ1n) is 6.55. The van der Waals surface area contributed by atoms with E-state index in [0.29, 0.717) is 12.6 Å². The third kappa shape index (κ3) is 3.66. The van der Waals surface area contributed by atoms with E-state index in [2.05, 4.69) is 30.2 Å². The van der Waals surface area contributed by atoms with Crippen molar-refractivity contribution >= 4 is 11.3 Å². The van der Waals surface area contributed by atoms with Crippen LogP contribution in [-0.4, -0.2) is 10.9 Å². The molecule has 2 rings (SSSR count). The Kier molecular flexibility index (Phi) is 4.89. The zero-order valence-electron chi connectivity index (χ0n) is 11.6. The highest BCUT2D eigenvalue weighted by Crippen LogP contribution is 2.18. The van der Waals surface area contributed by atoms with E-state index in [1.54, 1.807) is 23.5 Å². The van der Waals surface area contributed by atoms with E-state index in [1.165, 1.54) is 10.9 Å². The molecular weight excluding hydrogens is 271 g/mol. The van der Waals surface area contributed by atoms with Gasteiger partial charge in [0.15, 0.2) is 0 Å². The van der Waals surface area contributed by atoms with Gasteiger partial charge in [0, 0.05) is 24.0 Å². The Hall–Kier alpha value is -1.70. The van der Waals surface area contributed by atoms with Crippen LogP contribution < -0.4 is 0 Å². The summed E-state index contributed by atoms with van der Waals surface area (Å²) < 4.78 is 13.3. The summed E-state index contributed by atoms with van der Waals surface area (Å²) in [5, 5.41) is 11.0. The van der Waals surface area contributed by atoms with E-state index in [0.717, 1.165) is 12.1 Å². The van der Waals surface area contributed by atoms with Gasteiger partial charge in [-0.05, 0) is 43.0 Å². The lowest BCUT2D eigenvalue weighted by Crippen LogP contribution is -2.29. The second kappa shape index (κ2) is 6.65. The van der Waals surface area contributed by atoms with E-state index in [1.807, 2.05) is 12.1 Å². The van der Waals surface area contributed by atoms with Crippen LogP contribution in [0.2, 0.25) is 0 Å². The molecule has 2 nitrogen and oxygen atoms in total. The monoisotopic (exact) mass is 288 g/mol. The van der Waals surface area contributed by atoms with Crippen molar-refractivity contribution in [3.05, 3.63) is 57.5 Å². The van der Waals surface area contributed by atoms with E-state index >= 15 is 0 Å². The van der Waals surface area contributed by atoms with Gasteiger partial charge in [0.05, 0.1) is 5.56 Å². The lowest BCUT2D eigenvalue weighted by Gasteiger charge is -2.26. The van der Waals surface area contributed by atoms with Gasteiger partial charge in [0.1, 0.15) is 11.9 Å². The second-order valence-corrected chi connectivity index (χ2v) is 6.04. The quantitative estimate of drug-likeness (QED) is 0.825. The number of hydrogen-bond acceptors (Lipinski definition) is 3. The molecule has 1 aromatic carbocycles. The summed E-state index contributed by atoms with van der Waals surface area (Å²) in [6.07, 6.45) is 0. The largest absolute Gasteiger partial charge is 0.292 e. The van der Waals surface area contributed by atoms with Gasteiger partial charge >= 0.3 is 0 Å². The molecule has 0 bridgehead atoms. The summed E-state index contributed by atoms with van der Waals surface area (Å²) in [5.41, 5.74) is 1.08. The molecule has 0 fully saturated rings. The Morgan fingerprint density at radius 2 is 2.10 bits per heavy atom. The van der Waals surface area contributed by atoms with Crippen molar-refractivity contribution in [2.24, 2.45) is 0 Å². The SMILES string of the molecule is CC(C)N(Cc1ccc(F)c(C#N)c1)Cc1cccs1. The van der Waals surface area contributed by atoms with Gasteiger partial charge < -0.3 is 0 Å². The Balaban J connectivity index is 2.14. The summed E-state index contributed by atoms with van der Waals surface area (Å²) in [6.45, 7) is 5.86. The van der Waals surface area contributed by atoms with Crippen LogP contribution in [-0.2, 0) is 13.1 Å². The van der Waals surface area contributed by atoms with Crippen molar-refractivity contribution < 1.29 is 4.39 Å². The van der Waals surface area contributed by atoms with Crippen molar-refractivity contribution in [3.63, 3.8) is 0 Å². The van der Waals surface area contributed by atoms with Gasteiger partial charge in [-0.1, -0.05) is 12.1 Å². The molecular formula is C16H17FN2S. The number of nitrogens with zero attached hydrogens (tertiary/aromatic N) is 2. The molecule has 1 aromatic heterocycles. The van der Waals surface area contributed by atoms with E-state index in [4.69, 9.17) is 5.26 Å². The van der Waals surface area contributed by atoms with Gasteiger partial charge in [0.25, 0.3) is 0 Å². The molecule has 0 aliphatic heterocycles. The Labute approximate surface area is 123 Å². The molecule has 1 heterocycles. The number of benzene rings is 1. The zero-order valence-corrected chi connectivity index (χ0v) is 12.5. The van der Waals surface area contributed by atoms with Crippen LogP contribution in [0.15, 0.2) is 35.7 Å². The van der Waals surface area contributed by atoms with E-state index in [9.17, 15) is 4.39 Å². The lowest BCUT2D eigenvalue weighted by molar-refractivity contribution is 0.205. The van der Waals surface area contributed by atoms with Crippen molar-refractivity contribution in [1.29, 1.82) is 5.26 Å². The summed E-state index contributed by atoms with van der Waals surface area (Å²) >= 11 is 1.74. The fraction of sp³-hybridized carbons (Fsp3) is 0.312. The molecule has 20 heavy (non-hydrogen) atoms. The van der Waals surface area contributed by atoms with Gasteiger partial charge in [-0.3, -0.25) is 4.90 Å².